The molecule has 1 aliphatic rings. The van der Waals surface area contributed by atoms with Crippen molar-refractivity contribution in [3.63, 3.8) is 0 Å². The lowest BCUT2D eigenvalue weighted by atomic mass is 9.93. The Kier molecular flexibility index (Phi) is 4.96. The Hall–Kier alpha value is -2.59. The number of benzene rings is 2. The first-order chi connectivity index (χ1) is 11.7. The lowest BCUT2D eigenvalue weighted by molar-refractivity contribution is -0.132. The smallest absolute Gasteiger partial charge is 0.331 e. The summed E-state index contributed by atoms with van der Waals surface area (Å²) in [5, 5.41) is 9.55. The monoisotopic (exact) mass is 323 g/mol. The van der Waals surface area contributed by atoms with Crippen LogP contribution >= 0.6 is 0 Å². The summed E-state index contributed by atoms with van der Waals surface area (Å²) >= 11 is 0. The maximum Gasteiger partial charge on any atom is 0.331 e. The third-order valence-corrected chi connectivity index (χ3v) is 4.37. The average Bonchev–Trinajstić information content (AvgIpc) is 2.62. The maximum absolute atomic E-state index is 11.6. The molecule has 2 aromatic rings. The number of aliphatic carboxylic acids is 1. The molecular formula is C20H21NO3. The summed E-state index contributed by atoms with van der Waals surface area (Å²) in [6.45, 7) is 2.23. The van der Waals surface area contributed by atoms with Crippen molar-refractivity contribution >= 4 is 11.5 Å². The van der Waals surface area contributed by atoms with Crippen LogP contribution in [-0.4, -0.2) is 36.2 Å². The van der Waals surface area contributed by atoms with Crippen LogP contribution in [0.1, 0.15) is 17.5 Å². The van der Waals surface area contributed by atoms with Gasteiger partial charge in [-0.15, -0.1) is 0 Å². The van der Waals surface area contributed by atoms with Crippen LogP contribution in [0.5, 0.6) is 5.75 Å². The van der Waals surface area contributed by atoms with E-state index in [0.717, 1.165) is 30.0 Å². The molecule has 0 aromatic heterocycles. The minimum Gasteiger partial charge on any atom is -0.497 e. The highest BCUT2D eigenvalue weighted by molar-refractivity contribution is 5.97. The Labute approximate surface area is 142 Å². The summed E-state index contributed by atoms with van der Waals surface area (Å²) in [7, 11) is 1.62. The van der Waals surface area contributed by atoms with Crippen LogP contribution in [-0.2, 0) is 11.3 Å². The zero-order chi connectivity index (χ0) is 16.9. The van der Waals surface area contributed by atoms with Crippen LogP contribution in [0.4, 0.5) is 0 Å². The zero-order valence-corrected chi connectivity index (χ0v) is 13.7. The fraction of sp³-hybridized carbons (Fsp3) is 0.250. The van der Waals surface area contributed by atoms with E-state index in [1.165, 1.54) is 5.56 Å². The van der Waals surface area contributed by atoms with Crippen molar-refractivity contribution in [1.82, 2.24) is 4.90 Å². The Bertz CT molecular complexity index is 735. The topological polar surface area (TPSA) is 49.8 Å². The number of hydrogen-bond acceptors (Lipinski definition) is 3. The predicted octanol–water partition coefficient (Wildman–Crippen LogP) is 3.44. The molecule has 3 rings (SSSR count). The highest BCUT2D eigenvalue weighted by atomic mass is 16.5. The zero-order valence-electron chi connectivity index (χ0n) is 13.7. The van der Waals surface area contributed by atoms with Gasteiger partial charge in [-0.25, -0.2) is 4.79 Å². The molecule has 124 valence electrons. The van der Waals surface area contributed by atoms with Crippen LogP contribution in [0.25, 0.3) is 5.57 Å². The second kappa shape index (κ2) is 7.32. The van der Waals surface area contributed by atoms with Crippen molar-refractivity contribution in [3.05, 3.63) is 71.3 Å². The molecule has 4 nitrogen and oxygen atoms in total. The number of carboxylic acids is 1. The van der Waals surface area contributed by atoms with Gasteiger partial charge in [0.15, 0.2) is 0 Å². The standard InChI is InChI=1S/C20H21NO3/c1-24-17-9-7-16(8-10-17)19-14-21(12-11-18(19)20(22)23)13-15-5-3-2-4-6-15/h2-10H,11-14H2,1H3,(H,22,23). The van der Waals surface area contributed by atoms with Crippen molar-refractivity contribution in [1.29, 1.82) is 0 Å². The van der Waals surface area contributed by atoms with Gasteiger partial charge < -0.3 is 9.84 Å². The summed E-state index contributed by atoms with van der Waals surface area (Å²) < 4.78 is 5.19. The first-order valence-corrected chi connectivity index (χ1v) is 8.03. The van der Waals surface area contributed by atoms with Gasteiger partial charge in [0.2, 0.25) is 0 Å². The minimum absolute atomic E-state index is 0.518. The third kappa shape index (κ3) is 3.66. The third-order valence-electron chi connectivity index (χ3n) is 4.37. The van der Waals surface area contributed by atoms with Crippen molar-refractivity contribution in [2.24, 2.45) is 0 Å². The number of rotatable bonds is 5. The van der Waals surface area contributed by atoms with Gasteiger partial charge in [0, 0.05) is 25.2 Å². The number of carbonyl (C=O) groups is 1. The highest BCUT2D eigenvalue weighted by Crippen LogP contribution is 2.29. The molecular weight excluding hydrogens is 302 g/mol. The summed E-state index contributed by atoms with van der Waals surface area (Å²) in [4.78, 5) is 13.9. The van der Waals surface area contributed by atoms with Crippen LogP contribution in [0.15, 0.2) is 60.2 Å². The summed E-state index contributed by atoms with van der Waals surface area (Å²) in [5.74, 6) is -0.0478. The normalized spacial score (nSPS) is 15.4. The van der Waals surface area contributed by atoms with Gasteiger partial charge in [0.1, 0.15) is 5.75 Å². The minimum atomic E-state index is -0.819. The number of hydrogen-bond donors (Lipinski definition) is 1. The Balaban J connectivity index is 1.85. The van der Waals surface area contributed by atoms with Crippen LogP contribution in [0.2, 0.25) is 0 Å². The molecule has 1 N–H and O–H groups in total. The van der Waals surface area contributed by atoms with E-state index in [0.29, 0.717) is 18.5 Å². The maximum atomic E-state index is 11.6. The molecule has 1 aliphatic heterocycles. The lowest BCUT2D eigenvalue weighted by Gasteiger charge is -2.30. The number of ether oxygens (including phenoxy) is 1. The van der Waals surface area contributed by atoms with Gasteiger partial charge in [0.25, 0.3) is 0 Å². The second-order valence-corrected chi connectivity index (χ2v) is 5.94. The molecule has 0 radical (unpaired) electrons. The molecule has 0 unspecified atom stereocenters. The molecule has 0 bridgehead atoms. The van der Waals surface area contributed by atoms with Gasteiger partial charge >= 0.3 is 5.97 Å². The molecule has 0 saturated heterocycles. The SMILES string of the molecule is COc1ccc(C2=C(C(=O)O)CCN(Cc3ccccc3)C2)cc1. The van der Waals surface area contributed by atoms with E-state index in [4.69, 9.17) is 4.74 Å². The number of carboxylic acid groups (broad SMARTS) is 1. The molecule has 2 aromatic carbocycles. The van der Waals surface area contributed by atoms with Crippen LogP contribution in [0.3, 0.4) is 0 Å². The Morgan fingerprint density at radius 3 is 2.46 bits per heavy atom. The molecule has 4 heteroatoms. The lowest BCUT2D eigenvalue weighted by Crippen LogP contribution is -2.32. The van der Waals surface area contributed by atoms with E-state index < -0.39 is 5.97 Å². The first-order valence-electron chi connectivity index (χ1n) is 8.03. The van der Waals surface area contributed by atoms with Crippen LogP contribution in [0, 0.1) is 0 Å². The quantitative estimate of drug-likeness (QED) is 0.916. The predicted molar refractivity (Wildman–Crippen MR) is 93.9 cm³/mol. The number of methoxy groups -OCH3 is 1. The molecule has 0 atom stereocenters. The van der Waals surface area contributed by atoms with E-state index in [1.807, 2.05) is 42.5 Å². The van der Waals surface area contributed by atoms with Crippen molar-refractivity contribution in [2.45, 2.75) is 13.0 Å². The molecule has 24 heavy (non-hydrogen) atoms. The van der Waals surface area contributed by atoms with Crippen LogP contribution < -0.4 is 4.74 Å². The van der Waals surface area contributed by atoms with E-state index in [2.05, 4.69) is 17.0 Å². The second-order valence-electron chi connectivity index (χ2n) is 5.94. The largest absolute Gasteiger partial charge is 0.497 e. The molecule has 0 spiro atoms. The van der Waals surface area contributed by atoms with Gasteiger partial charge in [0.05, 0.1) is 7.11 Å². The molecule has 0 fully saturated rings. The molecule has 1 heterocycles. The first kappa shape index (κ1) is 16.3. The van der Waals surface area contributed by atoms with E-state index in [9.17, 15) is 9.90 Å². The number of nitrogens with zero attached hydrogens (tertiary/aromatic N) is 1. The van der Waals surface area contributed by atoms with Gasteiger partial charge in [-0.3, -0.25) is 4.90 Å². The van der Waals surface area contributed by atoms with Gasteiger partial charge in [-0.05, 0) is 35.3 Å². The van der Waals surface area contributed by atoms with Crippen molar-refractivity contribution in [2.75, 3.05) is 20.2 Å². The molecule has 0 aliphatic carbocycles. The summed E-state index contributed by atoms with van der Waals surface area (Å²) in [6, 6.07) is 17.9. The molecule has 0 amide bonds. The summed E-state index contributed by atoms with van der Waals surface area (Å²) in [5.41, 5.74) is 3.60. The average molecular weight is 323 g/mol. The fourth-order valence-corrected chi connectivity index (χ4v) is 3.09. The Morgan fingerprint density at radius 2 is 1.83 bits per heavy atom. The molecule has 0 saturated carbocycles. The van der Waals surface area contributed by atoms with E-state index in [1.54, 1.807) is 7.11 Å². The Morgan fingerprint density at radius 1 is 1.12 bits per heavy atom. The van der Waals surface area contributed by atoms with Gasteiger partial charge in [-0.1, -0.05) is 42.5 Å². The fourth-order valence-electron chi connectivity index (χ4n) is 3.09. The highest BCUT2D eigenvalue weighted by Gasteiger charge is 2.24. The summed E-state index contributed by atoms with van der Waals surface area (Å²) in [6.07, 6.45) is 0.559. The van der Waals surface area contributed by atoms with Gasteiger partial charge in [-0.2, -0.15) is 0 Å². The van der Waals surface area contributed by atoms with Crippen molar-refractivity contribution < 1.29 is 14.6 Å². The van der Waals surface area contributed by atoms with E-state index in [-0.39, 0.29) is 0 Å². The van der Waals surface area contributed by atoms with E-state index >= 15 is 0 Å². The van der Waals surface area contributed by atoms with Crippen molar-refractivity contribution in [3.8, 4) is 5.75 Å².